The number of aryl methyl sites for hydroxylation is 1. The van der Waals surface area contributed by atoms with Gasteiger partial charge in [-0.2, -0.15) is 5.10 Å². The molecule has 1 N–H and O–H groups in total. The summed E-state index contributed by atoms with van der Waals surface area (Å²) < 4.78 is 3.83. The lowest BCUT2D eigenvalue weighted by Gasteiger charge is -2.09. The maximum absolute atomic E-state index is 13.0. The number of aromatic nitrogens is 3. The van der Waals surface area contributed by atoms with Gasteiger partial charge in [0.1, 0.15) is 5.69 Å². The van der Waals surface area contributed by atoms with Gasteiger partial charge >= 0.3 is 0 Å². The molecule has 0 saturated heterocycles. The molecule has 1 fully saturated rings. The molecule has 0 bridgehead atoms. The van der Waals surface area contributed by atoms with Gasteiger partial charge in [-0.1, -0.05) is 42.1 Å². The van der Waals surface area contributed by atoms with Gasteiger partial charge in [-0.3, -0.25) is 9.48 Å². The zero-order valence-electron chi connectivity index (χ0n) is 18.1. The Morgan fingerprint density at radius 3 is 2.68 bits per heavy atom. The molecule has 158 valence electrons. The van der Waals surface area contributed by atoms with Crippen molar-refractivity contribution >= 4 is 28.6 Å². The van der Waals surface area contributed by atoms with Gasteiger partial charge in [0, 0.05) is 41.5 Å². The van der Waals surface area contributed by atoms with Crippen LogP contribution in [0.25, 0.3) is 10.9 Å². The van der Waals surface area contributed by atoms with E-state index in [9.17, 15) is 4.79 Å². The molecule has 2 heterocycles. The Morgan fingerprint density at radius 2 is 1.94 bits per heavy atom. The molecule has 4 aromatic rings. The Bertz CT molecular complexity index is 1260. The average Bonchev–Trinajstić information content (AvgIpc) is 3.51. The van der Waals surface area contributed by atoms with E-state index in [4.69, 9.17) is 0 Å². The van der Waals surface area contributed by atoms with Crippen LogP contribution >= 0.6 is 11.8 Å². The normalized spacial score (nSPS) is 13.6. The number of nitrogens with one attached hydrogen (secondary N) is 1. The van der Waals surface area contributed by atoms with Gasteiger partial charge in [0.15, 0.2) is 0 Å². The van der Waals surface area contributed by atoms with Crippen LogP contribution in [-0.2, 0) is 20.6 Å². The van der Waals surface area contributed by atoms with E-state index in [1.54, 1.807) is 11.8 Å². The third kappa shape index (κ3) is 3.88. The van der Waals surface area contributed by atoms with Crippen molar-refractivity contribution in [2.24, 2.45) is 14.1 Å². The van der Waals surface area contributed by atoms with E-state index in [0.29, 0.717) is 12.2 Å². The monoisotopic (exact) mass is 430 g/mol. The van der Waals surface area contributed by atoms with Crippen molar-refractivity contribution in [2.75, 3.05) is 0 Å². The summed E-state index contributed by atoms with van der Waals surface area (Å²) in [6.45, 7) is 2.53. The summed E-state index contributed by atoms with van der Waals surface area (Å²) in [7, 11) is 3.88. The van der Waals surface area contributed by atoms with Crippen LogP contribution in [0.3, 0.4) is 0 Å². The van der Waals surface area contributed by atoms with Gasteiger partial charge in [0.25, 0.3) is 5.91 Å². The second-order valence-corrected chi connectivity index (χ2v) is 9.40. The Kier molecular flexibility index (Phi) is 5.10. The van der Waals surface area contributed by atoms with Gasteiger partial charge < -0.3 is 9.88 Å². The minimum Gasteiger partial charge on any atom is -0.347 e. The first-order chi connectivity index (χ1) is 15.0. The number of para-hydroxylation sites is 1. The van der Waals surface area contributed by atoms with E-state index < -0.39 is 0 Å². The summed E-state index contributed by atoms with van der Waals surface area (Å²) in [4.78, 5) is 15.3. The smallest absolute Gasteiger partial charge is 0.268 e. The highest BCUT2D eigenvalue weighted by Crippen LogP contribution is 2.41. The molecule has 1 amide bonds. The minimum atomic E-state index is -0.0688. The van der Waals surface area contributed by atoms with Crippen molar-refractivity contribution in [3.63, 3.8) is 0 Å². The Balaban J connectivity index is 1.31. The maximum Gasteiger partial charge on any atom is 0.268 e. The summed E-state index contributed by atoms with van der Waals surface area (Å²) in [5, 5.41) is 8.49. The fraction of sp³-hybridized carbons (Fsp3) is 0.280. The van der Waals surface area contributed by atoms with Crippen LogP contribution in [0.1, 0.15) is 46.1 Å². The number of rotatable bonds is 6. The molecule has 0 spiro atoms. The van der Waals surface area contributed by atoms with E-state index in [1.165, 1.54) is 23.3 Å². The van der Waals surface area contributed by atoms with Crippen LogP contribution in [-0.4, -0.2) is 20.3 Å². The lowest BCUT2D eigenvalue weighted by atomic mass is 10.1. The van der Waals surface area contributed by atoms with Crippen molar-refractivity contribution in [3.05, 3.63) is 77.2 Å². The lowest BCUT2D eigenvalue weighted by Crippen LogP contribution is -2.25. The number of amides is 1. The molecule has 0 aliphatic heterocycles. The molecular formula is C25H26N4OS. The summed E-state index contributed by atoms with van der Waals surface area (Å²) in [5.41, 5.74) is 5.32. The molecule has 6 heteroatoms. The van der Waals surface area contributed by atoms with Crippen LogP contribution in [0.2, 0.25) is 0 Å². The van der Waals surface area contributed by atoms with E-state index in [2.05, 4.69) is 41.6 Å². The molecule has 2 aromatic carbocycles. The number of fused-ring (bicyclic) bond motifs is 1. The van der Waals surface area contributed by atoms with Crippen molar-refractivity contribution in [3.8, 4) is 0 Å². The maximum atomic E-state index is 13.0. The first-order valence-electron chi connectivity index (χ1n) is 10.6. The predicted molar refractivity (Wildman–Crippen MR) is 125 cm³/mol. The van der Waals surface area contributed by atoms with Crippen molar-refractivity contribution in [1.29, 1.82) is 0 Å². The third-order valence-corrected chi connectivity index (χ3v) is 7.30. The van der Waals surface area contributed by atoms with Gasteiger partial charge in [-0.15, -0.1) is 0 Å². The molecule has 1 aliphatic rings. The minimum absolute atomic E-state index is 0.0688. The topological polar surface area (TPSA) is 51.9 Å². The quantitative estimate of drug-likeness (QED) is 0.459. The molecule has 2 aromatic heterocycles. The number of carbonyl (C=O) groups excluding carboxylic acids is 1. The summed E-state index contributed by atoms with van der Waals surface area (Å²) in [5.74, 6) is 0.700. The molecule has 0 atom stereocenters. The molecule has 1 saturated carbocycles. The first kappa shape index (κ1) is 19.9. The Hall–Kier alpha value is -2.99. The molecule has 0 radical (unpaired) electrons. The van der Waals surface area contributed by atoms with Gasteiger partial charge in [0.2, 0.25) is 0 Å². The van der Waals surface area contributed by atoms with E-state index in [0.717, 1.165) is 33.0 Å². The standard InChI is InChI=1S/C25H26N4OS/c1-16-23(31-21-11-9-18(10-12-21)17-7-8-17)13-22(28(16)2)25(30)26-14-19-5-4-6-20-15-27-29(3)24(19)20/h4-6,9-13,15,17H,7-8,14H2,1-3H3,(H,26,30). The molecule has 0 unspecified atom stereocenters. The summed E-state index contributed by atoms with van der Waals surface area (Å²) in [6, 6.07) is 16.9. The number of hydrogen-bond acceptors (Lipinski definition) is 3. The van der Waals surface area contributed by atoms with Crippen molar-refractivity contribution in [1.82, 2.24) is 19.7 Å². The number of benzene rings is 2. The molecule has 31 heavy (non-hydrogen) atoms. The fourth-order valence-electron chi connectivity index (χ4n) is 4.07. The van der Waals surface area contributed by atoms with E-state index >= 15 is 0 Å². The zero-order valence-corrected chi connectivity index (χ0v) is 18.9. The first-order valence-corrected chi connectivity index (χ1v) is 11.4. The summed E-state index contributed by atoms with van der Waals surface area (Å²) in [6.07, 6.45) is 4.48. The second-order valence-electron chi connectivity index (χ2n) is 8.29. The van der Waals surface area contributed by atoms with Gasteiger partial charge in [-0.25, -0.2) is 0 Å². The SMILES string of the molecule is Cc1c(Sc2ccc(C3CC3)cc2)cc(C(=O)NCc2cccc3cnn(C)c23)n1C. The number of nitrogens with zero attached hydrogens (tertiary/aromatic N) is 3. The molecule has 5 nitrogen and oxygen atoms in total. The van der Waals surface area contributed by atoms with Crippen LogP contribution < -0.4 is 5.32 Å². The zero-order chi connectivity index (χ0) is 21.5. The number of carbonyl (C=O) groups is 1. The predicted octanol–water partition coefficient (Wildman–Crippen LogP) is 5.18. The van der Waals surface area contributed by atoms with Crippen LogP contribution in [0.15, 0.2) is 64.5 Å². The highest BCUT2D eigenvalue weighted by atomic mass is 32.2. The van der Waals surface area contributed by atoms with Gasteiger partial charge in [0.05, 0.1) is 11.7 Å². The molecule has 5 rings (SSSR count). The van der Waals surface area contributed by atoms with Crippen LogP contribution in [0.5, 0.6) is 0 Å². The lowest BCUT2D eigenvalue weighted by molar-refractivity contribution is 0.0942. The van der Waals surface area contributed by atoms with E-state index in [-0.39, 0.29) is 5.91 Å². The highest BCUT2D eigenvalue weighted by molar-refractivity contribution is 7.99. The molecule has 1 aliphatic carbocycles. The summed E-state index contributed by atoms with van der Waals surface area (Å²) >= 11 is 1.71. The highest BCUT2D eigenvalue weighted by Gasteiger charge is 2.23. The second kappa shape index (κ2) is 7.93. The van der Waals surface area contributed by atoms with Crippen LogP contribution in [0, 0.1) is 6.92 Å². The largest absolute Gasteiger partial charge is 0.347 e. The van der Waals surface area contributed by atoms with Crippen molar-refractivity contribution < 1.29 is 4.79 Å². The fourth-order valence-corrected chi connectivity index (χ4v) is 5.05. The Morgan fingerprint density at radius 1 is 1.16 bits per heavy atom. The average molecular weight is 431 g/mol. The third-order valence-electron chi connectivity index (χ3n) is 6.16. The molecular weight excluding hydrogens is 404 g/mol. The van der Waals surface area contributed by atoms with E-state index in [1.807, 2.05) is 53.8 Å². The van der Waals surface area contributed by atoms with Gasteiger partial charge in [-0.05, 0) is 55.0 Å². The Labute approximate surface area is 186 Å². The van der Waals surface area contributed by atoms with Crippen molar-refractivity contribution in [2.45, 2.75) is 42.0 Å². The van der Waals surface area contributed by atoms with Crippen LogP contribution in [0.4, 0.5) is 0 Å². The number of hydrogen-bond donors (Lipinski definition) is 1.